The first-order valence-corrected chi connectivity index (χ1v) is 6.92. The van der Waals surface area contributed by atoms with Crippen molar-refractivity contribution in [3.05, 3.63) is 0 Å². The van der Waals surface area contributed by atoms with Gasteiger partial charge in [0.25, 0.3) is 0 Å². The van der Waals surface area contributed by atoms with E-state index in [0.29, 0.717) is 23.3 Å². The molecule has 8 heteroatoms. The number of carbonyl (C=O) groups is 1. The highest BCUT2D eigenvalue weighted by Gasteiger charge is 2.31. The molecule has 124 valence electrons. The van der Waals surface area contributed by atoms with Gasteiger partial charge in [-0.25, -0.2) is 4.99 Å². The van der Waals surface area contributed by atoms with Crippen LogP contribution < -0.4 is 10.6 Å². The van der Waals surface area contributed by atoms with E-state index in [1.807, 2.05) is 27.7 Å². The molecule has 0 aliphatic heterocycles. The Kier molecular flexibility index (Phi) is 8.12. The van der Waals surface area contributed by atoms with E-state index in [1.54, 1.807) is 0 Å². The number of halogens is 3. The molecular formula is C13H25F3N4O. The number of hydrogen-bond acceptors (Lipinski definition) is 2. The van der Waals surface area contributed by atoms with Crippen molar-refractivity contribution in [3.63, 3.8) is 0 Å². The smallest absolute Gasteiger partial charge is 0.357 e. The van der Waals surface area contributed by atoms with Crippen molar-refractivity contribution in [1.82, 2.24) is 15.5 Å². The summed E-state index contributed by atoms with van der Waals surface area (Å²) in [7, 11) is 1.11. The Morgan fingerprint density at radius 1 is 1.29 bits per heavy atom. The van der Waals surface area contributed by atoms with Crippen LogP contribution in [0.5, 0.6) is 0 Å². The average molecular weight is 310 g/mol. The Morgan fingerprint density at radius 2 is 1.86 bits per heavy atom. The lowest BCUT2D eigenvalue weighted by Crippen LogP contribution is -2.45. The van der Waals surface area contributed by atoms with E-state index >= 15 is 0 Å². The molecule has 0 aromatic rings. The van der Waals surface area contributed by atoms with Gasteiger partial charge in [-0.1, -0.05) is 13.8 Å². The lowest BCUT2D eigenvalue weighted by Gasteiger charge is -2.21. The number of nitrogens with one attached hydrogen (secondary N) is 2. The van der Waals surface area contributed by atoms with Crippen molar-refractivity contribution in [2.24, 2.45) is 10.9 Å². The molecule has 1 amide bonds. The number of nitrogens with zero attached hydrogens (tertiary/aromatic N) is 2. The predicted octanol–water partition coefficient (Wildman–Crippen LogP) is 1.61. The van der Waals surface area contributed by atoms with Crippen molar-refractivity contribution in [2.75, 3.05) is 26.7 Å². The van der Waals surface area contributed by atoms with E-state index in [9.17, 15) is 18.0 Å². The highest BCUT2D eigenvalue weighted by Crippen LogP contribution is 2.15. The molecule has 0 aliphatic rings. The second-order valence-electron chi connectivity index (χ2n) is 5.24. The standard InChI is InChI=1S/C13H25F3N4O/c1-6-17-12(19-10(4)9(2)3)18-7-11(21)20(5)8-13(14,15)16/h9-10H,6-8H2,1-5H3,(H2,17,18,19). The van der Waals surface area contributed by atoms with E-state index in [1.165, 1.54) is 0 Å². The minimum absolute atomic E-state index is 0.130. The van der Waals surface area contributed by atoms with Crippen molar-refractivity contribution < 1.29 is 18.0 Å². The first-order chi connectivity index (χ1) is 9.56. The van der Waals surface area contributed by atoms with Crippen LogP contribution in [0.25, 0.3) is 0 Å². The Hall–Kier alpha value is -1.47. The Bertz CT molecular complexity index is 356. The van der Waals surface area contributed by atoms with Gasteiger partial charge >= 0.3 is 6.18 Å². The van der Waals surface area contributed by atoms with Crippen LogP contribution in [0, 0.1) is 5.92 Å². The lowest BCUT2D eigenvalue weighted by molar-refractivity contribution is -0.157. The molecule has 0 bridgehead atoms. The molecule has 1 atom stereocenters. The first-order valence-electron chi connectivity index (χ1n) is 6.92. The van der Waals surface area contributed by atoms with Gasteiger partial charge in [-0.3, -0.25) is 4.79 Å². The van der Waals surface area contributed by atoms with Gasteiger partial charge in [0, 0.05) is 19.6 Å². The van der Waals surface area contributed by atoms with Crippen LogP contribution in [0.2, 0.25) is 0 Å². The summed E-state index contributed by atoms with van der Waals surface area (Å²) in [5.41, 5.74) is 0. The molecule has 0 heterocycles. The van der Waals surface area contributed by atoms with Crippen LogP contribution >= 0.6 is 0 Å². The SMILES string of the molecule is CCNC(=NCC(=O)N(C)CC(F)(F)F)NC(C)C(C)C. The van der Waals surface area contributed by atoms with Gasteiger partial charge in [0.1, 0.15) is 13.1 Å². The third-order valence-electron chi connectivity index (χ3n) is 2.92. The van der Waals surface area contributed by atoms with Crippen LogP contribution in [0.3, 0.4) is 0 Å². The second-order valence-corrected chi connectivity index (χ2v) is 5.24. The minimum Gasteiger partial charge on any atom is -0.357 e. The fourth-order valence-corrected chi connectivity index (χ4v) is 1.33. The van der Waals surface area contributed by atoms with Gasteiger partial charge < -0.3 is 15.5 Å². The number of likely N-dealkylation sites (N-methyl/N-ethyl adjacent to an activating group) is 1. The number of amides is 1. The molecule has 0 rings (SSSR count). The predicted molar refractivity (Wildman–Crippen MR) is 77.1 cm³/mol. The van der Waals surface area contributed by atoms with Crippen molar-refractivity contribution in [3.8, 4) is 0 Å². The monoisotopic (exact) mass is 310 g/mol. The molecule has 0 aromatic carbocycles. The van der Waals surface area contributed by atoms with Crippen LogP contribution in [-0.2, 0) is 4.79 Å². The zero-order valence-electron chi connectivity index (χ0n) is 13.2. The number of rotatable bonds is 6. The molecule has 0 saturated carbocycles. The first kappa shape index (κ1) is 19.5. The number of carbonyl (C=O) groups excluding carboxylic acids is 1. The van der Waals surface area contributed by atoms with Gasteiger partial charge in [0.2, 0.25) is 5.91 Å². The zero-order valence-corrected chi connectivity index (χ0v) is 13.2. The molecule has 0 aromatic heterocycles. The number of aliphatic imine (C=N–C) groups is 1. The third kappa shape index (κ3) is 9.14. The topological polar surface area (TPSA) is 56.7 Å². The highest BCUT2D eigenvalue weighted by atomic mass is 19.4. The molecule has 0 fully saturated rings. The maximum Gasteiger partial charge on any atom is 0.406 e. The fraction of sp³-hybridized carbons (Fsp3) is 0.846. The van der Waals surface area contributed by atoms with Crippen LogP contribution in [0.1, 0.15) is 27.7 Å². The maximum atomic E-state index is 12.2. The van der Waals surface area contributed by atoms with Crippen LogP contribution in [0.15, 0.2) is 4.99 Å². The highest BCUT2D eigenvalue weighted by molar-refractivity contribution is 5.85. The summed E-state index contributed by atoms with van der Waals surface area (Å²) in [6.45, 7) is 6.90. The summed E-state index contributed by atoms with van der Waals surface area (Å²) < 4.78 is 36.6. The van der Waals surface area contributed by atoms with E-state index in [0.717, 1.165) is 7.05 Å². The summed E-state index contributed by atoms with van der Waals surface area (Å²) >= 11 is 0. The van der Waals surface area contributed by atoms with Crippen LogP contribution in [-0.4, -0.2) is 55.7 Å². The van der Waals surface area contributed by atoms with Gasteiger partial charge in [-0.15, -0.1) is 0 Å². The molecule has 0 aliphatic carbocycles. The van der Waals surface area contributed by atoms with Crippen molar-refractivity contribution in [2.45, 2.75) is 39.9 Å². The average Bonchev–Trinajstić information content (AvgIpc) is 2.33. The Balaban J connectivity index is 4.58. The number of hydrogen-bond donors (Lipinski definition) is 2. The summed E-state index contributed by atoms with van der Waals surface area (Å²) in [6, 6.07) is 0.130. The summed E-state index contributed by atoms with van der Waals surface area (Å²) in [6.07, 6.45) is -4.40. The van der Waals surface area contributed by atoms with E-state index in [2.05, 4.69) is 15.6 Å². The summed E-state index contributed by atoms with van der Waals surface area (Å²) in [5.74, 6) is 0.103. The normalized spacial score (nSPS) is 14.0. The van der Waals surface area contributed by atoms with E-state index in [-0.39, 0.29) is 12.6 Å². The van der Waals surface area contributed by atoms with Crippen LogP contribution in [0.4, 0.5) is 13.2 Å². The third-order valence-corrected chi connectivity index (χ3v) is 2.92. The zero-order chi connectivity index (χ0) is 16.6. The largest absolute Gasteiger partial charge is 0.406 e. The van der Waals surface area contributed by atoms with Gasteiger partial charge in [0.05, 0.1) is 0 Å². The number of guanidine groups is 1. The Morgan fingerprint density at radius 3 is 2.29 bits per heavy atom. The molecule has 0 radical (unpaired) electrons. The quantitative estimate of drug-likeness (QED) is 0.579. The van der Waals surface area contributed by atoms with Crippen molar-refractivity contribution in [1.29, 1.82) is 0 Å². The molecule has 0 spiro atoms. The van der Waals surface area contributed by atoms with E-state index in [4.69, 9.17) is 0 Å². The van der Waals surface area contributed by atoms with Crippen molar-refractivity contribution >= 4 is 11.9 Å². The Labute approximate surface area is 124 Å². The maximum absolute atomic E-state index is 12.2. The van der Waals surface area contributed by atoms with E-state index < -0.39 is 18.6 Å². The number of alkyl halides is 3. The summed E-state index contributed by atoms with van der Waals surface area (Å²) in [4.78, 5) is 16.3. The minimum atomic E-state index is -4.40. The molecule has 2 N–H and O–H groups in total. The summed E-state index contributed by atoms with van der Waals surface area (Å²) in [5, 5.41) is 6.06. The molecule has 21 heavy (non-hydrogen) atoms. The molecular weight excluding hydrogens is 285 g/mol. The fourth-order valence-electron chi connectivity index (χ4n) is 1.33. The lowest BCUT2D eigenvalue weighted by atomic mass is 10.1. The molecule has 0 saturated heterocycles. The second kappa shape index (κ2) is 8.74. The van der Waals surface area contributed by atoms with Gasteiger partial charge in [-0.05, 0) is 19.8 Å². The molecule has 5 nitrogen and oxygen atoms in total. The van der Waals surface area contributed by atoms with Gasteiger partial charge in [0.15, 0.2) is 5.96 Å². The van der Waals surface area contributed by atoms with Gasteiger partial charge in [-0.2, -0.15) is 13.2 Å². The molecule has 1 unspecified atom stereocenters.